The van der Waals surface area contributed by atoms with E-state index in [0.29, 0.717) is 50.9 Å². The van der Waals surface area contributed by atoms with Gasteiger partial charge in [-0.1, -0.05) is 12.0 Å². The van der Waals surface area contributed by atoms with Crippen molar-refractivity contribution in [3.63, 3.8) is 0 Å². The van der Waals surface area contributed by atoms with Crippen LogP contribution in [0.15, 0.2) is 24.3 Å². The fourth-order valence-electron chi connectivity index (χ4n) is 7.63. The van der Waals surface area contributed by atoms with E-state index in [1.165, 1.54) is 13.2 Å². The standard InChI is InChI=1S/C37H38F2N4O5/c1-9-24-26(38)12-10-21-14-23(46-17-45-8)15-25(29(21)24)32-31(39)28-18(2)19(3)40-34-30(28)35(41-32)47-20(4)33-27-13-11-22(16-42(33)34)43(27)36(44)48-37(5,6)7/h1,10,12,14-15,20,22,27,33H,11,13,16-17H2,2-8H3/t20-,22+,27-,33+/m0/s1. The van der Waals surface area contributed by atoms with Crippen molar-refractivity contribution in [3.05, 3.63) is 52.7 Å². The summed E-state index contributed by atoms with van der Waals surface area (Å²) in [5, 5.41) is 1.64. The summed E-state index contributed by atoms with van der Waals surface area (Å²) in [5.74, 6) is 2.36. The van der Waals surface area contributed by atoms with Gasteiger partial charge in [-0.15, -0.1) is 6.42 Å². The number of terminal acetylenes is 1. The number of hydrogen-bond donors (Lipinski definition) is 0. The number of piperazine rings is 1. The van der Waals surface area contributed by atoms with Crippen molar-refractivity contribution >= 4 is 33.5 Å². The summed E-state index contributed by atoms with van der Waals surface area (Å²) in [7, 11) is 1.49. The van der Waals surface area contributed by atoms with Crippen LogP contribution in [0.5, 0.6) is 11.6 Å². The minimum absolute atomic E-state index is 0.0130. The number of pyridine rings is 2. The Bertz CT molecular complexity index is 2040. The zero-order chi connectivity index (χ0) is 34.2. The number of rotatable bonds is 4. The summed E-state index contributed by atoms with van der Waals surface area (Å²) in [5.41, 5.74) is 0.809. The normalized spacial score (nSPS) is 21.5. The minimum Gasteiger partial charge on any atom is -0.472 e. The van der Waals surface area contributed by atoms with Crippen molar-refractivity contribution in [2.75, 3.05) is 25.3 Å². The van der Waals surface area contributed by atoms with Gasteiger partial charge in [0.05, 0.1) is 29.1 Å². The number of nitrogens with zero attached hydrogens (tertiary/aromatic N) is 4. The number of aromatic nitrogens is 2. The van der Waals surface area contributed by atoms with Gasteiger partial charge in [-0.25, -0.2) is 23.5 Å². The lowest BCUT2D eigenvalue weighted by Crippen LogP contribution is -2.65. The lowest BCUT2D eigenvalue weighted by molar-refractivity contribution is 0.000952. The number of benzene rings is 2. The fourth-order valence-corrected chi connectivity index (χ4v) is 7.63. The number of anilines is 1. The van der Waals surface area contributed by atoms with E-state index in [-0.39, 0.29) is 53.7 Å². The molecule has 0 aliphatic carbocycles. The molecule has 2 aromatic carbocycles. The van der Waals surface area contributed by atoms with Crippen molar-refractivity contribution in [3.8, 4) is 35.2 Å². The number of halogens is 2. The molecule has 2 fully saturated rings. The number of methoxy groups -OCH3 is 1. The fraction of sp³-hybridized carbons (Fsp3) is 0.432. The van der Waals surface area contributed by atoms with Gasteiger partial charge in [-0.2, -0.15) is 0 Å². The average Bonchev–Trinajstić information content (AvgIpc) is 3.28. The van der Waals surface area contributed by atoms with Crippen LogP contribution in [-0.2, 0) is 9.47 Å². The third-order valence-electron chi connectivity index (χ3n) is 9.67. The summed E-state index contributed by atoms with van der Waals surface area (Å²) in [6.45, 7) is 11.6. The highest BCUT2D eigenvalue weighted by atomic mass is 19.1. The molecule has 1 amide bonds. The monoisotopic (exact) mass is 656 g/mol. The molecule has 9 nitrogen and oxygen atoms in total. The Morgan fingerprint density at radius 1 is 1.12 bits per heavy atom. The van der Waals surface area contributed by atoms with Gasteiger partial charge in [0.1, 0.15) is 34.8 Å². The van der Waals surface area contributed by atoms with E-state index in [2.05, 4.69) is 10.8 Å². The molecule has 11 heteroatoms. The van der Waals surface area contributed by atoms with E-state index in [1.807, 2.05) is 46.4 Å². The third-order valence-corrected chi connectivity index (χ3v) is 9.67. The van der Waals surface area contributed by atoms with Gasteiger partial charge < -0.3 is 23.8 Å². The van der Waals surface area contributed by atoms with Crippen LogP contribution in [0.25, 0.3) is 32.8 Å². The maximum atomic E-state index is 17.3. The predicted molar refractivity (Wildman–Crippen MR) is 178 cm³/mol. The number of aryl methyl sites for hydroxylation is 2. The molecular weight excluding hydrogens is 618 g/mol. The highest BCUT2D eigenvalue weighted by Gasteiger charge is 2.53. The molecule has 5 heterocycles. The minimum atomic E-state index is -0.645. The lowest BCUT2D eigenvalue weighted by Gasteiger charge is -2.48. The highest BCUT2D eigenvalue weighted by molar-refractivity contribution is 6.06. The zero-order valence-corrected chi connectivity index (χ0v) is 28.1. The zero-order valence-electron chi connectivity index (χ0n) is 28.1. The Morgan fingerprint density at radius 3 is 2.60 bits per heavy atom. The Balaban J connectivity index is 1.45. The van der Waals surface area contributed by atoms with E-state index in [9.17, 15) is 4.79 Å². The molecule has 0 spiro atoms. The molecule has 2 bridgehead atoms. The summed E-state index contributed by atoms with van der Waals surface area (Å²) in [6, 6.07) is 5.52. The number of carbonyl (C=O) groups excluding carboxylic acids is 1. The van der Waals surface area contributed by atoms with Crippen LogP contribution >= 0.6 is 0 Å². The van der Waals surface area contributed by atoms with E-state index in [1.54, 1.807) is 18.2 Å². The van der Waals surface area contributed by atoms with Gasteiger partial charge in [-0.3, -0.25) is 4.90 Å². The SMILES string of the molecule is C#Cc1c(F)ccc2cc(OCOC)cc(-c3nc4c5c(nc(C)c(C)c5c3F)N3C[C@H]5CC[C@@H]([C@H]3[C@H](C)O4)N5C(=O)OC(C)(C)C)c12. The smallest absolute Gasteiger partial charge is 0.410 e. The molecule has 3 aliphatic heterocycles. The van der Waals surface area contributed by atoms with Gasteiger partial charge in [-0.05, 0) is 83.5 Å². The highest BCUT2D eigenvalue weighted by Crippen LogP contribution is 2.48. The van der Waals surface area contributed by atoms with Crippen LogP contribution in [0.4, 0.5) is 19.4 Å². The largest absolute Gasteiger partial charge is 0.472 e. The molecule has 0 saturated carbocycles. The number of carbonyl (C=O) groups is 1. The molecule has 4 aromatic rings. The van der Waals surface area contributed by atoms with E-state index in [4.69, 9.17) is 35.3 Å². The Labute approximate surface area is 278 Å². The van der Waals surface area contributed by atoms with E-state index >= 15 is 8.78 Å². The van der Waals surface area contributed by atoms with Crippen LogP contribution in [-0.4, -0.2) is 71.2 Å². The van der Waals surface area contributed by atoms with Gasteiger partial charge in [0.15, 0.2) is 12.6 Å². The van der Waals surface area contributed by atoms with Gasteiger partial charge in [0.25, 0.3) is 0 Å². The van der Waals surface area contributed by atoms with Crippen LogP contribution in [0.3, 0.4) is 0 Å². The van der Waals surface area contributed by atoms with E-state index < -0.39 is 23.3 Å². The Morgan fingerprint density at radius 2 is 1.90 bits per heavy atom. The molecule has 3 aliphatic rings. The second kappa shape index (κ2) is 11.5. The lowest BCUT2D eigenvalue weighted by atomic mass is 9.94. The summed E-state index contributed by atoms with van der Waals surface area (Å²) in [4.78, 5) is 27.3. The van der Waals surface area contributed by atoms with E-state index in [0.717, 1.165) is 12.8 Å². The molecule has 0 radical (unpaired) electrons. The first kappa shape index (κ1) is 31.9. The second-order valence-corrected chi connectivity index (χ2v) is 13.8. The molecule has 7 rings (SSSR count). The topological polar surface area (TPSA) is 86.3 Å². The third kappa shape index (κ3) is 4.96. The molecule has 0 unspecified atom stereocenters. The number of amides is 1. The number of ether oxygens (including phenoxy) is 4. The molecule has 2 aromatic heterocycles. The maximum absolute atomic E-state index is 17.3. The molecule has 48 heavy (non-hydrogen) atoms. The van der Waals surface area contributed by atoms with Gasteiger partial charge >= 0.3 is 6.09 Å². The van der Waals surface area contributed by atoms with Crippen molar-refractivity contribution in [2.45, 2.75) is 84.2 Å². The first-order chi connectivity index (χ1) is 22.8. The maximum Gasteiger partial charge on any atom is 0.410 e. The Kier molecular flexibility index (Phi) is 7.63. The van der Waals surface area contributed by atoms with Crippen LogP contribution < -0.4 is 14.4 Å². The van der Waals surface area contributed by atoms with Gasteiger partial charge in [0.2, 0.25) is 5.88 Å². The molecular formula is C37H38F2N4O5. The molecule has 0 N–H and O–H groups in total. The van der Waals surface area contributed by atoms with Crippen LogP contribution in [0.2, 0.25) is 0 Å². The second-order valence-electron chi connectivity index (χ2n) is 13.8. The van der Waals surface area contributed by atoms with Crippen molar-refractivity contribution in [1.82, 2.24) is 14.9 Å². The first-order valence-electron chi connectivity index (χ1n) is 16.1. The molecule has 250 valence electrons. The quantitative estimate of drug-likeness (QED) is 0.171. The summed E-state index contributed by atoms with van der Waals surface area (Å²) < 4.78 is 55.8. The molecule has 2 saturated heterocycles. The number of fused-ring (bicyclic) bond motifs is 6. The van der Waals surface area contributed by atoms with Crippen LogP contribution in [0, 0.1) is 37.8 Å². The first-order valence-corrected chi connectivity index (χ1v) is 16.1. The Hall–Kier alpha value is -4.69. The van der Waals surface area contributed by atoms with Crippen molar-refractivity contribution in [1.29, 1.82) is 0 Å². The van der Waals surface area contributed by atoms with Gasteiger partial charge in [0, 0.05) is 35.7 Å². The number of hydrogen-bond acceptors (Lipinski definition) is 8. The molecule has 4 atom stereocenters. The van der Waals surface area contributed by atoms with Crippen LogP contribution in [0.1, 0.15) is 57.4 Å². The van der Waals surface area contributed by atoms with Crippen molar-refractivity contribution in [2.24, 2.45) is 0 Å². The van der Waals surface area contributed by atoms with Crippen molar-refractivity contribution < 1.29 is 32.5 Å². The average molecular weight is 657 g/mol. The summed E-state index contributed by atoms with van der Waals surface area (Å²) in [6.07, 6.45) is 6.54. The predicted octanol–water partition coefficient (Wildman–Crippen LogP) is 7.05. The summed E-state index contributed by atoms with van der Waals surface area (Å²) >= 11 is 0.